The van der Waals surface area contributed by atoms with E-state index in [1.54, 1.807) is 54.6 Å². The van der Waals surface area contributed by atoms with Gasteiger partial charge in [0.1, 0.15) is 0 Å². The molecular formula is C19H21BN2O4. The molecule has 0 radical (unpaired) electrons. The van der Waals surface area contributed by atoms with Crippen LogP contribution in [0, 0.1) is 0 Å². The van der Waals surface area contributed by atoms with Gasteiger partial charge in [0, 0.05) is 18.6 Å². The second kappa shape index (κ2) is 10.2. The van der Waals surface area contributed by atoms with Gasteiger partial charge in [0.2, 0.25) is 11.8 Å². The zero-order chi connectivity index (χ0) is 20.5. The molecule has 26 heavy (non-hydrogen) atoms. The zero-order valence-corrected chi connectivity index (χ0v) is 14.1. The molecule has 0 unspecified atom stereocenters. The average molecular weight is 354 g/mol. The summed E-state index contributed by atoms with van der Waals surface area (Å²) in [6.45, 7) is 0.156. The SMILES string of the molecule is [2H]/C(C(=O)NCc1ccccc1)=C(/[2H])C(=O)N[C@@H](Cc1ccccc1)B(O)O. The third kappa shape index (κ3) is 6.92. The number of rotatable bonds is 8. The predicted octanol–water partition coefficient (Wildman–Crippen LogP) is 0.598. The van der Waals surface area contributed by atoms with Crippen molar-refractivity contribution >= 4 is 18.9 Å². The molecule has 2 rings (SSSR count). The molecule has 0 aliphatic rings. The molecule has 0 saturated heterocycles. The van der Waals surface area contributed by atoms with Crippen LogP contribution in [-0.4, -0.2) is 34.9 Å². The van der Waals surface area contributed by atoms with E-state index in [1.807, 2.05) is 6.07 Å². The van der Waals surface area contributed by atoms with Crippen LogP contribution in [0.1, 0.15) is 13.9 Å². The third-order valence-electron chi connectivity index (χ3n) is 3.56. The number of nitrogens with one attached hydrogen (secondary N) is 2. The van der Waals surface area contributed by atoms with Crippen LogP contribution in [0.5, 0.6) is 0 Å². The molecule has 0 bridgehead atoms. The summed E-state index contributed by atoms with van der Waals surface area (Å²) in [7, 11) is -1.86. The van der Waals surface area contributed by atoms with Crippen LogP contribution in [0.25, 0.3) is 0 Å². The van der Waals surface area contributed by atoms with E-state index in [2.05, 4.69) is 10.6 Å². The molecule has 0 saturated carbocycles. The molecule has 2 aromatic carbocycles. The summed E-state index contributed by atoms with van der Waals surface area (Å²) in [4.78, 5) is 24.2. The van der Waals surface area contributed by atoms with E-state index >= 15 is 0 Å². The van der Waals surface area contributed by atoms with Gasteiger partial charge in [-0.2, -0.15) is 0 Å². The summed E-state index contributed by atoms with van der Waals surface area (Å²) in [6, 6.07) is 16.2. The smallest absolute Gasteiger partial charge is 0.426 e. The maximum absolute atomic E-state index is 12.2. The van der Waals surface area contributed by atoms with Gasteiger partial charge in [-0.1, -0.05) is 60.7 Å². The van der Waals surface area contributed by atoms with Gasteiger partial charge in [-0.3, -0.25) is 9.59 Å². The quantitative estimate of drug-likeness (QED) is 0.412. The van der Waals surface area contributed by atoms with Crippen molar-refractivity contribution in [3.05, 3.63) is 83.9 Å². The lowest BCUT2D eigenvalue weighted by Crippen LogP contribution is -2.47. The minimum absolute atomic E-state index is 0.116. The summed E-state index contributed by atoms with van der Waals surface area (Å²) in [5, 5.41) is 23.8. The largest absolute Gasteiger partial charge is 0.475 e. The minimum Gasteiger partial charge on any atom is -0.426 e. The van der Waals surface area contributed by atoms with E-state index in [0.717, 1.165) is 11.1 Å². The first-order chi connectivity index (χ1) is 13.4. The van der Waals surface area contributed by atoms with Crippen molar-refractivity contribution in [1.82, 2.24) is 10.6 Å². The normalized spacial score (nSPS) is 13.6. The van der Waals surface area contributed by atoms with Gasteiger partial charge in [0.15, 0.2) is 0 Å². The van der Waals surface area contributed by atoms with Crippen molar-refractivity contribution < 1.29 is 22.4 Å². The number of hydrogen-bond donors (Lipinski definition) is 4. The highest BCUT2D eigenvalue weighted by atomic mass is 16.4. The summed E-state index contributed by atoms with van der Waals surface area (Å²) < 4.78 is 15.5. The first kappa shape index (κ1) is 16.6. The van der Waals surface area contributed by atoms with Gasteiger partial charge >= 0.3 is 7.12 Å². The van der Waals surface area contributed by atoms with Crippen LogP contribution in [0.2, 0.25) is 0 Å². The van der Waals surface area contributed by atoms with Crippen molar-refractivity contribution in [3.63, 3.8) is 0 Å². The molecule has 1 atom stereocenters. The molecule has 0 heterocycles. The molecular weight excluding hydrogens is 331 g/mol. The Morgan fingerprint density at radius 2 is 1.50 bits per heavy atom. The van der Waals surface area contributed by atoms with Gasteiger partial charge in [-0.05, 0) is 17.5 Å². The molecule has 0 aromatic heterocycles. The van der Waals surface area contributed by atoms with Crippen LogP contribution in [0.3, 0.4) is 0 Å². The lowest BCUT2D eigenvalue weighted by Gasteiger charge is -2.16. The van der Waals surface area contributed by atoms with Crippen molar-refractivity contribution in [1.29, 1.82) is 0 Å². The molecule has 0 spiro atoms. The summed E-state index contributed by atoms with van der Waals surface area (Å²) in [5.74, 6) is -2.99. The van der Waals surface area contributed by atoms with Gasteiger partial charge in [0.05, 0.1) is 8.68 Å². The van der Waals surface area contributed by atoms with Gasteiger partial charge < -0.3 is 20.7 Å². The van der Waals surface area contributed by atoms with Gasteiger partial charge in [0.25, 0.3) is 0 Å². The Morgan fingerprint density at radius 1 is 0.962 bits per heavy atom. The fraction of sp³-hybridized carbons (Fsp3) is 0.158. The van der Waals surface area contributed by atoms with Crippen LogP contribution in [-0.2, 0) is 22.6 Å². The van der Waals surface area contributed by atoms with E-state index in [-0.39, 0.29) is 13.0 Å². The highest BCUT2D eigenvalue weighted by Crippen LogP contribution is 2.04. The summed E-state index contributed by atoms with van der Waals surface area (Å²) >= 11 is 0. The minimum atomic E-state index is -1.86. The van der Waals surface area contributed by atoms with Gasteiger partial charge in [-0.25, -0.2) is 0 Å². The van der Waals surface area contributed by atoms with E-state index in [1.165, 1.54) is 0 Å². The van der Waals surface area contributed by atoms with E-state index in [4.69, 9.17) is 2.74 Å². The fourth-order valence-electron chi connectivity index (χ4n) is 2.24. The maximum Gasteiger partial charge on any atom is 0.475 e. The monoisotopic (exact) mass is 354 g/mol. The average Bonchev–Trinajstić information content (AvgIpc) is 2.71. The van der Waals surface area contributed by atoms with Gasteiger partial charge in [-0.15, -0.1) is 0 Å². The van der Waals surface area contributed by atoms with Crippen molar-refractivity contribution in [2.45, 2.75) is 18.9 Å². The zero-order valence-electron chi connectivity index (χ0n) is 16.1. The molecule has 0 aliphatic carbocycles. The Labute approximate surface area is 155 Å². The molecule has 2 amide bonds. The van der Waals surface area contributed by atoms with Crippen LogP contribution < -0.4 is 10.6 Å². The second-order valence-corrected chi connectivity index (χ2v) is 5.60. The van der Waals surface area contributed by atoms with Crippen LogP contribution in [0.4, 0.5) is 0 Å². The Kier molecular flexibility index (Phi) is 6.48. The van der Waals surface area contributed by atoms with E-state index in [0.29, 0.717) is 0 Å². The number of carbonyl (C=O) groups is 2. The van der Waals surface area contributed by atoms with Crippen molar-refractivity contribution in [2.75, 3.05) is 0 Å². The molecule has 6 nitrogen and oxygen atoms in total. The van der Waals surface area contributed by atoms with E-state index < -0.39 is 37.0 Å². The number of benzene rings is 2. The van der Waals surface area contributed by atoms with Crippen molar-refractivity contribution in [2.24, 2.45) is 0 Å². The first-order valence-electron chi connectivity index (χ1n) is 9.09. The third-order valence-corrected chi connectivity index (χ3v) is 3.56. The Balaban J connectivity index is 2.00. The highest BCUT2D eigenvalue weighted by Gasteiger charge is 2.24. The number of carbonyl (C=O) groups excluding carboxylic acids is 2. The summed E-state index contributed by atoms with van der Waals surface area (Å²) in [5.41, 5.74) is 1.56. The van der Waals surface area contributed by atoms with Crippen LogP contribution >= 0.6 is 0 Å². The molecule has 2 aromatic rings. The topological polar surface area (TPSA) is 98.7 Å². The molecule has 134 valence electrons. The number of amides is 2. The van der Waals surface area contributed by atoms with Crippen molar-refractivity contribution in [3.8, 4) is 0 Å². The molecule has 0 fully saturated rings. The molecule has 4 N–H and O–H groups in total. The Hall–Kier alpha value is -2.90. The lowest BCUT2D eigenvalue weighted by atomic mass is 9.76. The second-order valence-electron chi connectivity index (χ2n) is 5.60. The van der Waals surface area contributed by atoms with Crippen LogP contribution in [0.15, 0.2) is 72.8 Å². The lowest BCUT2D eigenvalue weighted by molar-refractivity contribution is -0.119. The van der Waals surface area contributed by atoms with E-state index in [9.17, 15) is 19.6 Å². The Morgan fingerprint density at radius 3 is 2.08 bits per heavy atom. The number of hydrogen-bond acceptors (Lipinski definition) is 4. The predicted molar refractivity (Wildman–Crippen MR) is 99.7 cm³/mol. The highest BCUT2D eigenvalue weighted by molar-refractivity contribution is 6.43. The fourth-order valence-corrected chi connectivity index (χ4v) is 2.24. The standard InChI is InChI=1S/C19H21BN2O4/c23-18(21-14-16-9-5-2-6-10-16)11-12-19(24)22-17(20(25)26)13-15-7-3-1-4-8-15/h1-12,17,25-26H,13-14H2,(H,21,23)(H,22,24)/b12-11+/t17-/m0/s1/i11D,12D. The maximum atomic E-state index is 12.2. The Bertz CT molecular complexity index is 832. The summed E-state index contributed by atoms with van der Waals surface area (Å²) in [6.07, 6.45) is 0.116. The molecule has 7 heteroatoms. The molecule has 0 aliphatic heterocycles. The first-order valence-corrected chi connectivity index (χ1v) is 8.09.